The molecular formula is C23H18N2O4. The van der Waals surface area contributed by atoms with E-state index in [9.17, 15) is 4.79 Å². The van der Waals surface area contributed by atoms with Gasteiger partial charge in [-0.25, -0.2) is 14.8 Å². The first kappa shape index (κ1) is 17.6. The Kier molecular flexibility index (Phi) is 4.14. The molecule has 0 bridgehead atoms. The van der Waals surface area contributed by atoms with Crippen LogP contribution in [0.15, 0.2) is 60.7 Å². The van der Waals surface area contributed by atoms with Crippen LogP contribution in [0.3, 0.4) is 0 Å². The number of methoxy groups -OCH3 is 2. The molecule has 0 saturated carbocycles. The molecule has 6 heteroatoms. The van der Waals surface area contributed by atoms with E-state index in [-0.39, 0.29) is 5.92 Å². The van der Waals surface area contributed by atoms with Crippen LogP contribution in [0.5, 0.6) is 5.75 Å². The molecule has 6 nitrogen and oxygen atoms in total. The average Bonchev–Trinajstić information content (AvgIpc) is 3.13. The van der Waals surface area contributed by atoms with E-state index >= 15 is 0 Å². The van der Waals surface area contributed by atoms with Crippen molar-refractivity contribution in [3.8, 4) is 5.75 Å². The lowest BCUT2D eigenvalue weighted by Crippen LogP contribution is -2.21. The fourth-order valence-corrected chi connectivity index (χ4v) is 3.88. The van der Waals surface area contributed by atoms with Gasteiger partial charge in [-0.05, 0) is 23.8 Å². The fourth-order valence-electron chi connectivity index (χ4n) is 3.88. The molecule has 5 rings (SSSR count). The van der Waals surface area contributed by atoms with E-state index in [0.29, 0.717) is 27.9 Å². The third-order valence-electron chi connectivity index (χ3n) is 5.24. The number of hydrogen-bond acceptors (Lipinski definition) is 6. The number of rotatable bonds is 3. The standard InChI is InChI=1S/C23H18N2O4/c1-27-22(26)14-9-6-10-16-21(14)25-18-12-19-15(11-17(18)24-16)20(23(28-2)29-19)13-7-4-3-5-8-13/h3-12,20,23H,1-2H3. The van der Waals surface area contributed by atoms with Crippen molar-refractivity contribution in [3.63, 3.8) is 0 Å². The minimum Gasteiger partial charge on any atom is -0.465 e. The summed E-state index contributed by atoms with van der Waals surface area (Å²) in [4.78, 5) is 21.5. The van der Waals surface area contributed by atoms with Gasteiger partial charge in [0, 0.05) is 18.7 Å². The summed E-state index contributed by atoms with van der Waals surface area (Å²) in [6.07, 6.45) is -0.427. The van der Waals surface area contributed by atoms with Gasteiger partial charge in [0.2, 0.25) is 6.29 Å². The highest BCUT2D eigenvalue weighted by Gasteiger charge is 2.36. The zero-order chi connectivity index (χ0) is 20.0. The van der Waals surface area contributed by atoms with Crippen molar-refractivity contribution >= 4 is 28.0 Å². The molecule has 0 fully saturated rings. The quantitative estimate of drug-likeness (QED) is 0.391. The maximum absolute atomic E-state index is 12.1. The lowest BCUT2D eigenvalue weighted by molar-refractivity contribution is -0.0470. The molecule has 1 aliphatic heterocycles. The van der Waals surface area contributed by atoms with Gasteiger partial charge in [-0.3, -0.25) is 0 Å². The summed E-state index contributed by atoms with van der Waals surface area (Å²) in [6.45, 7) is 0. The van der Waals surface area contributed by atoms with Crippen molar-refractivity contribution in [2.45, 2.75) is 12.2 Å². The lowest BCUT2D eigenvalue weighted by atomic mass is 9.91. The Morgan fingerprint density at radius 1 is 0.931 bits per heavy atom. The molecule has 3 aromatic carbocycles. The van der Waals surface area contributed by atoms with Gasteiger partial charge in [-0.1, -0.05) is 36.4 Å². The Morgan fingerprint density at radius 2 is 1.72 bits per heavy atom. The second-order valence-corrected chi connectivity index (χ2v) is 6.88. The molecule has 0 amide bonds. The van der Waals surface area contributed by atoms with Gasteiger partial charge in [0.05, 0.1) is 35.1 Å². The number of benzene rings is 3. The predicted octanol–water partition coefficient (Wildman–Crippen LogP) is 4.07. The highest BCUT2D eigenvalue weighted by Crippen LogP contribution is 2.44. The number of ether oxygens (including phenoxy) is 3. The molecule has 1 aromatic heterocycles. The maximum atomic E-state index is 12.1. The van der Waals surface area contributed by atoms with Gasteiger partial charge in [-0.2, -0.15) is 0 Å². The van der Waals surface area contributed by atoms with E-state index in [1.165, 1.54) is 7.11 Å². The molecule has 0 saturated heterocycles. The number of para-hydroxylation sites is 1. The minimum atomic E-state index is -0.440. The molecule has 4 aromatic rings. The van der Waals surface area contributed by atoms with Crippen molar-refractivity contribution in [1.82, 2.24) is 9.97 Å². The molecule has 0 N–H and O–H groups in total. The monoisotopic (exact) mass is 386 g/mol. The van der Waals surface area contributed by atoms with Gasteiger partial charge in [0.25, 0.3) is 0 Å². The summed E-state index contributed by atoms with van der Waals surface area (Å²) in [7, 11) is 2.99. The normalized spacial score (nSPS) is 17.9. The minimum absolute atomic E-state index is 0.0560. The summed E-state index contributed by atoms with van der Waals surface area (Å²) in [6, 6.07) is 19.3. The number of aromatic nitrogens is 2. The zero-order valence-electron chi connectivity index (χ0n) is 16.0. The predicted molar refractivity (Wildman–Crippen MR) is 108 cm³/mol. The van der Waals surface area contributed by atoms with Gasteiger partial charge >= 0.3 is 5.97 Å². The third-order valence-corrected chi connectivity index (χ3v) is 5.24. The van der Waals surface area contributed by atoms with E-state index < -0.39 is 12.3 Å². The highest BCUT2D eigenvalue weighted by atomic mass is 16.7. The van der Waals surface area contributed by atoms with Crippen LogP contribution in [0, 0.1) is 0 Å². The molecule has 29 heavy (non-hydrogen) atoms. The van der Waals surface area contributed by atoms with E-state index in [4.69, 9.17) is 19.2 Å². The van der Waals surface area contributed by atoms with Gasteiger partial charge < -0.3 is 14.2 Å². The van der Waals surface area contributed by atoms with Crippen LogP contribution in [-0.4, -0.2) is 36.4 Å². The van der Waals surface area contributed by atoms with E-state index in [2.05, 4.69) is 17.1 Å². The Morgan fingerprint density at radius 3 is 2.48 bits per heavy atom. The first-order valence-electron chi connectivity index (χ1n) is 9.26. The Hall–Kier alpha value is -3.51. The van der Waals surface area contributed by atoms with Gasteiger partial charge in [0.15, 0.2) is 0 Å². The molecule has 2 atom stereocenters. The molecule has 144 valence electrons. The lowest BCUT2D eigenvalue weighted by Gasteiger charge is -2.17. The fraction of sp³-hybridized carbons (Fsp3) is 0.174. The van der Waals surface area contributed by atoms with Crippen LogP contribution in [0.1, 0.15) is 27.4 Å². The summed E-state index contributed by atoms with van der Waals surface area (Å²) in [5.41, 5.74) is 5.03. The second-order valence-electron chi connectivity index (χ2n) is 6.88. The van der Waals surface area contributed by atoms with Crippen molar-refractivity contribution in [3.05, 3.63) is 77.4 Å². The number of carbonyl (C=O) groups is 1. The van der Waals surface area contributed by atoms with Crippen molar-refractivity contribution in [2.24, 2.45) is 0 Å². The Bertz CT molecular complexity index is 1240. The largest absolute Gasteiger partial charge is 0.465 e. The summed E-state index contributed by atoms with van der Waals surface area (Å²) < 4.78 is 16.5. The highest BCUT2D eigenvalue weighted by molar-refractivity contribution is 6.03. The second kappa shape index (κ2) is 6.83. The molecule has 1 aliphatic rings. The van der Waals surface area contributed by atoms with Crippen molar-refractivity contribution in [2.75, 3.05) is 14.2 Å². The van der Waals surface area contributed by atoms with Crippen molar-refractivity contribution < 1.29 is 19.0 Å². The van der Waals surface area contributed by atoms with E-state index in [1.54, 1.807) is 19.2 Å². The average molecular weight is 386 g/mol. The number of hydrogen-bond donors (Lipinski definition) is 0. The van der Waals surface area contributed by atoms with Crippen LogP contribution in [0.25, 0.3) is 22.1 Å². The van der Waals surface area contributed by atoms with Crippen LogP contribution in [-0.2, 0) is 9.47 Å². The smallest absolute Gasteiger partial charge is 0.340 e. The molecule has 0 aliphatic carbocycles. The van der Waals surface area contributed by atoms with Crippen molar-refractivity contribution in [1.29, 1.82) is 0 Å². The number of nitrogens with zero attached hydrogens (tertiary/aromatic N) is 2. The molecule has 2 heterocycles. The van der Waals surface area contributed by atoms with Crippen LogP contribution in [0.4, 0.5) is 0 Å². The molecule has 0 spiro atoms. The molecular weight excluding hydrogens is 368 g/mol. The SMILES string of the molecule is COC(=O)c1cccc2nc3cc4c(cc3nc12)OC(OC)C4c1ccccc1. The zero-order valence-corrected chi connectivity index (χ0v) is 16.0. The third kappa shape index (κ3) is 2.80. The van der Waals surface area contributed by atoms with Crippen LogP contribution >= 0.6 is 0 Å². The Labute approximate surface area is 167 Å². The molecule has 2 unspecified atom stereocenters. The van der Waals surface area contributed by atoms with E-state index in [0.717, 1.165) is 16.6 Å². The topological polar surface area (TPSA) is 70.5 Å². The maximum Gasteiger partial charge on any atom is 0.340 e. The van der Waals surface area contributed by atoms with E-state index in [1.807, 2.05) is 36.4 Å². The van der Waals surface area contributed by atoms with Crippen LogP contribution < -0.4 is 4.74 Å². The summed E-state index contributed by atoms with van der Waals surface area (Å²) in [5, 5.41) is 0. The number of fused-ring (bicyclic) bond motifs is 3. The molecule has 0 radical (unpaired) electrons. The van der Waals surface area contributed by atoms with Gasteiger partial charge in [-0.15, -0.1) is 0 Å². The number of esters is 1. The summed E-state index contributed by atoms with van der Waals surface area (Å²) >= 11 is 0. The van der Waals surface area contributed by atoms with Crippen LogP contribution in [0.2, 0.25) is 0 Å². The van der Waals surface area contributed by atoms with Gasteiger partial charge in [0.1, 0.15) is 11.3 Å². The first-order chi connectivity index (χ1) is 14.2. The number of carbonyl (C=O) groups excluding carboxylic acids is 1. The summed E-state index contributed by atoms with van der Waals surface area (Å²) in [5.74, 6) is 0.215. The Balaban J connectivity index is 1.71. The first-order valence-corrected chi connectivity index (χ1v) is 9.26.